The van der Waals surface area contributed by atoms with Gasteiger partial charge in [-0.05, 0) is 24.5 Å². The van der Waals surface area contributed by atoms with E-state index in [1.54, 1.807) is 6.07 Å². The van der Waals surface area contributed by atoms with Gasteiger partial charge in [0.2, 0.25) is 0 Å². The first-order chi connectivity index (χ1) is 9.41. The summed E-state index contributed by atoms with van der Waals surface area (Å²) in [6.07, 6.45) is 0.878. The Morgan fingerprint density at radius 1 is 1.40 bits per heavy atom. The minimum absolute atomic E-state index is 0.0789. The fourth-order valence-corrected chi connectivity index (χ4v) is 1.77. The number of benzene rings is 1. The Bertz CT molecular complexity index is 488. The molecule has 1 aromatic rings. The van der Waals surface area contributed by atoms with Crippen molar-refractivity contribution in [3.05, 3.63) is 28.8 Å². The molecule has 0 saturated carbocycles. The third kappa shape index (κ3) is 5.09. The summed E-state index contributed by atoms with van der Waals surface area (Å²) in [6, 6.07) is 4.50. The van der Waals surface area contributed by atoms with Gasteiger partial charge in [-0.1, -0.05) is 31.5 Å². The van der Waals surface area contributed by atoms with Gasteiger partial charge in [0.15, 0.2) is 6.61 Å². The summed E-state index contributed by atoms with van der Waals surface area (Å²) in [4.78, 5) is 22.6. The lowest BCUT2D eigenvalue weighted by Gasteiger charge is -2.11. The molecule has 1 amide bonds. The number of nitrogens with one attached hydrogen (secondary N) is 1. The van der Waals surface area contributed by atoms with E-state index in [1.807, 2.05) is 0 Å². The Labute approximate surface area is 122 Å². The highest BCUT2D eigenvalue weighted by atomic mass is 35.5. The number of rotatable bonds is 7. The highest BCUT2D eigenvalue weighted by Gasteiger charge is 2.16. The monoisotopic (exact) mass is 299 g/mol. The largest absolute Gasteiger partial charge is 0.483 e. The van der Waals surface area contributed by atoms with E-state index < -0.39 is 5.97 Å². The minimum atomic E-state index is -1.19. The number of hydrogen-bond donors (Lipinski definition) is 2. The highest BCUT2D eigenvalue weighted by Crippen LogP contribution is 2.26. The lowest BCUT2D eigenvalue weighted by Crippen LogP contribution is -2.30. The standard InChI is InChI=1S/C14H18ClNO4/c1-9(2)6-7-16-12(17)8-20-11-5-3-4-10(15)13(11)14(18)19/h3-5,9H,6-8H2,1-2H3,(H,16,17)(H,18,19). The van der Waals surface area contributed by atoms with E-state index >= 15 is 0 Å². The van der Waals surface area contributed by atoms with Crippen LogP contribution in [0, 0.1) is 5.92 Å². The maximum atomic E-state index is 11.5. The topological polar surface area (TPSA) is 75.6 Å². The lowest BCUT2D eigenvalue weighted by molar-refractivity contribution is -0.123. The molecule has 1 aromatic carbocycles. The average Bonchev–Trinajstić information content (AvgIpc) is 2.35. The fourth-order valence-electron chi connectivity index (χ4n) is 1.53. The van der Waals surface area contributed by atoms with Crippen LogP contribution in [-0.2, 0) is 4.79 Å². The molecule has 0 aliphatic heterocycles. The van der Waals surface area contributed by atoms with Crippen molar-refractivity contribution in [1.82, 2.24) is 5.32 Å². The summed E-state index contributed by atoms with van der Waals surface area (Å²) in [5.41, 5.74) is -0.135. The van der Waals surface area contributed by atoms with E-state index in [0.29, 0.717) is 12.5 Å². The molecule has 6 heteroatoms. The molecule has 110 valence electrons. The summed E-state index contributed by atoms with van der Waals surface area (Å²) >= 11 is 5.80. The van der Waals surface area contributed by atoms with Crippen molar-refractivity contribution in [2.75, 3.05) is 13.2 Å². The van der Waals surface area contributed by atoms with Crippen LogP contribution in [0.4, 0.5) is 0 Å². The number of carbonyl (C=O) groups is 2. The van der Waals surface area contributed by atoms with E-state index in [4.69, 9.17) is 21.4 Å². The van der Waals surface area contributed by atoms with Crippen LogP contribution in [0.15, 0.2) is 18.2 Å². The second-order valence-electron chi connectivity index (χ2n) is 4.74. The van der Waals surface area contributed by atoms with Gasteiger partial charge in [-0.3, -0.25) is 4.79 Å². The van der Waals surface area contributed by atoms with Crippen LogP contribution in [0.25, 0.3) is 0 Å². The molecule has 0 aliphatic rings. The molecule has 2 N–H and O–H groups in total. The number of carboxylic acids is 1. The van der Waals surface area contributed by atoms with Crippen LogP contribution in [0.5, 0.6) is 5.75 Å². The number of aromatic carboxylic acids is 1. The number of amides is 1. The average molecular weight is 300 g/mol. The first kappa shape index (κ1) is 16.3. The predicted octanol–water partition coefficient (Wildman–Crippen LogP) is 2.58. The van der Waals surface area contributed by atoms with E-state index in [0.717, 1.165) is 6.42 Å². The number of carbonyl (C=O) groups excluding carboxylic acids is 1. The molecule has 0 heterocycles. The summed E-state index contributed by atoms with van der Waals surface area (Å²) in [7, 11) is 0. The van der Waals surface area contributed by atoms with Crippen LogP contribution in [0.3, 0.4) is 0 Å². The van der Waals surface area contributed by atoms with Gasteiger partial charge in [0.1, 0.15) is 11.3 Å². The highest BCUT2D eigenvalue weighted by molar-refractivity contribution is 6.33. The van der Waals surface area contributed by atoms with Crippen LogP contribution < -0.4 is 10.1 Å². The van der Waals surface area contributed by atoms with Gasteiger partial charge in [0, 0.05) is 6.54 Å². The molecule has 1 rings (SSSR count). The zero-order chi connectivity index (χ0) is 15.1. The van der Waals surface area contributed by atoms with Crippen molar-refractivity contribution in [1.29, 1.82) is 0 Å². The lowest BCUT2D eigenvalue weighted by atomic mass is 10.1. The zero-order valence-corrected chi connectivity index (χ0v) is 12.2. The Kier molecular flexibility index (Phi) is 6.31. The van der Waals surface area contributed by atoms with Crippen LogP contribution in [0.1, 0.15) is 30.6 Å². The van der Waals surface area contributed by atoms with Crippen molar-refractivity contribution in [2.45, 2.75) is 20.3 Å². The van der Waals surface area contributed by atoms with Gasteiger partial charge in [0.25, 0.3) is 5.91 Å². The van der Waals surface area contributed by atoms with Gasteiger partial charge >= 0.3 is 5.97 Å². The number of carboxylic acid groups (broad SMARTS) is 1. The Morgan fingerprint density at radius 3 is 2.70 bits per heavy atom. The molecule has 0 spiro atoms. The third-order valence-corrected chi connectivity index (χ3v) is 2.91. The molecule has 0 bridgehead atoms. The number of hydrogen-bond acceptors (Lipinski definition) is 3. The van der Waals surface area contributed by atoms with Crippen molar-refractivity contribution < 1.29 is 19.4 Å². The van der Waals surface area contributed by atoms with Crippen molar-refractivity contribution in [3.63, 3.8) is 0 Å². The van der Waals surface area contributed by atoms with E-state index in [2.05, 4.69) is 19.2 Å². The summed E-state index contributed by atoms with van der Waals surface area (Å²) < 4.78 is 5.22. The van der Waals surface area contributed by atoms with Gasteiger partial charge in [-0.2, -0.15) is 0 Å². The van der Waals surface area contributed by atoms with Crippen molar-refractivity contribution >= 4 is 23.5 Å². The normalized spacial score (nSPS) is 10.4. The smallest absolute Gasteiger partial charge is 0.341 e. The van der Waals surface area contributed by atoms with Crippen LogP contribution >= 0.6 is 11.6 Å². The van der Waals surface area contributed by atoms with E-state index in [1.165, 1.54) is 12.1 Å². The first-order valence-electron chi connectivity index (χ1n) is 6.33. The van der Waals surface area contributed by atoms with E-state index in [-0.39, 0.29) is 28.8 Å². The molecule has 0 aromatic heterocycles. The minimum Gasteiger partial charge on any atom is -0.483 e. The summed E-state index contributed by atoms with van der Waals surface area (Å²) in [6.45, 7) is 4.46. The fraction of sp³-hybridized carbons (Fsp3) is 0.429. The zero-order valence-electron chi connectivity index (χ0n) is 11.5. The van der Waals surface area contributed by atoms with Crippen molar-refractivity contribution in [3.8, 4) is 5.75 Å². The van der Waals surface area contributed by atoms with Gasteiger partial charge < -0.3 is 15.2 Å². The van der Waals surface area contributed by atoms with E-state index in [9.17, 15) is 9.59 Å². The van der Waals surface area contributed by atoms with Gasteiger partial charge in [-0.25, -0.2) is 4.79 Å². The summed E-state index contributed by atoms with van der Waals surface area (Å²) in [5, 5.41) is 11.8. The van der Waals surface area contributed by atoms with Crippen LogP contribution in [0.2, 0.25) is 5.02 Å². The molecular weight excluding hydrogens is 282 g/mol. The SMILES string of the molecule is CC(C)CCNC(=O)COc1cccc(Cl)c1C(=O)O. The van der Waals surface area contributed by atoms with Crippen molar-refractivity contribution in [2.24, 2.45) is 5.92 Å². The number of halogens is 1. The maximum absolute atomic E-state index is 11.5. The quantitative estimate of drug-likeness (QED) is 0.811. The Morgan fingerprint density at radius 2 is 2.10 bits per heavy atom. The summed E-state index contributed by atoms with van der Waals surface area (Å²) in [5.74, 6) is -0.889. The second kappa shape index (κ2) is 7.75. The molecule has 5 nitrogen and oxygen atoms in total. The third-order valence-electron chi connectivity index (χ3n) is 2.59. The Balaban J connectivity index is 2.55. The molecule has 0 saturated heterocycles. The molecule has 0 unspecified atom stereocenters. The van der Waals surface area contributed by atoms with Gasteiger partial charge in [-0.15, -0.1) is 0 Å². The maximum Gasteiger partial charge on any atom is 0.341 e. The number of ether oxygens (including phenoxy) is 1. The van der Waals surface area contributed by atoms with Gasteiger partial charge in [0.05, 0.1) is 5.02 Å². The van der Waals surface area contributed by atoms with Crippen LogP contribution in [-0.4, -0.2) is 30.1 Å². The molecule has 0 fully saturated rings. The Hall–Kier alpha value is -1.75. The molecule has 0 radical (unpaired) electrons. The molecular formula is C14H18ClNO4. The molecule has 0 aliphatic carbocycles. The molecule has 0 atom stereocenters. The first-order valence-corrected chi connectivity index (χ1v) is 6.71. The second-order valence-corrected chi connectivity index (χ2v) is 5.15. The molecule has 20 heavy (non-hydrogen) atoms. The predicted molar refractivity (Wildman–Crippen MR) is 76.4 cm³/mol.